The molecule has 4 rings (SSSR count). The van der Waals surface area contributed by atoms with Gasteiger partial charge < -0.3 is 19.7 Å². The van der Waals surface area contributed by atoms with Crippen LogP contribution in [0.15, 0.2) is 41.9 Å². The SMILES string of the molecule is O=C(NCC(=O)N1CCC(N2CCC(Oc3nccs3)CC2)CC1)OCc1ccccc1. The van der Waals surface area contributed by atoms with Gasteiger partial charge in [-0.05, 0) is 31.2 Å². The zero-order chi connectivity index (χ0) is 22.2. The van der Waals surface area contributed by atoms with Crippen LogP contribution in [0.25, 0.3) is 0 Å². The largest absolute Gasteiger partial charge is 0.467 e. The summed E-state index contributed by atoms with van der Waals surface area (Å²) in [6.45, 7) is 3.64. The van der Waals surface area contributed by atoms with Crippen molar-refractivity contribution in [3.63, 3.8) is 0 Å². The van der Waals surface area contributed by atoms with E-state index in [1.165, 1.54) is 11.3 Å². The molecule has 2 amide bonds. The van der Waals surface area contributed by atoms with Gasteiger partial charge in [-0.3, -0.25) is 9.69 Å². The summed E-state index contributed by atoms with van der Waals surface area (Å²) >= 11 is 1.54. The molecule has 1 aromatic carbocycles. The summed E-state index contributed by atoms with van der Waals surface area (Å²) in [6.07, 6.45) is 5.38. The first-order valence-electron chi connectivity index (χ1n) is 11.2. The number of piperidine rings is 2. The zero-order valence-electron chi connectivity index (χ0n) is 18.2. The Bertz CT molecular complexity index is 848. The molecule has 0 radical (unpaired) electrons. The fourth-order valence-corrected chi connectivity index (χ4v) is 4.84. The molecule has 1 aromatic heterocycles. The molecular weight excluding hydrogens is 428 g/mol. The number of aromatic nitrogens is 1. The van der Waals surface area contributed by atoms with Gasteiger partial charge in [0.05, 0.1) is 0 Å². The summed E-state index contributed by atoms with van der Waals surface area (Å²) in [5.41, 5.74) is 0.912. The molecule has 0 unspecified atom stereocenters. The number of alkyl carbamates (subject to hydrolysis) is 1. The van der Waals surface area contributed by atoms with Crippen LogP contribution in [0.2, 0.25) is 0 Å². The zero-order valence-corrected chi connectivity index (χ0v) is 19.0. The number of benzene rings is 1. The van der Waals surface area contributed by atoms with Crippen LogP contribution in [0, 0.1) is 0 Å². The number of nitrogens with zero attached hydrogens (tertiary/aromatic N) is 3. The third-order valence-electron chi connectivity index (χ3n) is 6.08. The van der Waals surface area contributed by atoms with Crippen molar-refractivity contribution in [2.75, 3.05) is 32.7 Å². The summed E-state index contributed by atoms with van der Waals surface area (Å²) in [5.74, 6) is -0.0596. The monoisotopic (exact) mass is 458 g/mol. The Labute approximate surface area is 192 Å². The summed E-state index contributed by atoms with van der Waals surface area (Å²) < 4.78 is 11.1. The molecule has 2 aliphatic heterocycles. The third kappa shape index (κ3) is 6.43. The van der Waals surface area contributed by atoms with Crippen molar-refractivity contribution in [1.82, 2.24) is 20.1 Å². The molecule has 1 N–H and O–H groups in total. The van der Waals surface area contributed by atoms with E-state index < -0.39 is 6.09 Å². The number of rotatable bonds is 7. The second-order valence-electron chi connectivity index (χ2n) is 8.18. The second-order valence-corrected chi connectivity index (χ2v) is 9.04. The standard InChI is InChI=1S/C23H30N4O4S/c28-21(16-25-22(29)30-17-18-4-2-1-3-5-18)27-11-6-19(7-12-27)26-13-8-20(9-14-26)31-23-24-10-15-32-23/h1-5,10,15,19-20H,6-9,11-14,16-17H2,(H,25,29). The Kier molecular flexibility index (Phi) is 7.95. The minimum atomic E-state index is -0.570. The van der Waals surface area contributed by atoms with E-state index in [0.29, 0.717) is 6.04 Å². The number of carbonyl (C=O) groups excluding carboxylic acids is 2. The lowest BCUT2D eigenvalue weighted by molar-refractivity contribution is -0.131. The van der Waals surface area contributed by atoms with E-state index >= 15 is 0 Å². The molecule has 2 saturated heterocycles. The highest BCUT2D eigenvalue weighted by Crippen LogP contribution is 2.24. The predicted molar refractivity (Wildman–Crippen MR) is 122 cm³/mol. The molecule has 9 heteroatoms. The van der Waals surface area contributed by atoms with Crippen molar-refractivity contribution in [3.05, 3.63) is 47.5 Å². The molecule has 0 aliphatic carbocycles. The molecule has 0 spiro atoms. The molecule has 172 valence electrons. The van der Waals surface area contributed by atoms with E-state index in [1.807, 2.05) is 40.6 Å². The Morgan fingerprint density at radius 3 is 2.50 bits per heavy atom. The van der Waals surface area contributed by atoms with Gasteiger partial charge in [-0.25, -0.2) is 9.78 Å². The van der Waals surface area contributed by atoms with Crippen LogP contribution in [0.3, 0.4) is 0 Å². The van der Waals surface area contributed by atoms with Crippen molar-refractivity contribution in [3.8, 4) is 5.19 Å². The molecule has 0 bridgehead atoms. The van der Waals surface area contributed by atoms with Crippen LogP contribution in [0.4, 0.5) is 4.79 Å². The molecule has 32 heavy (non-hydrogen) atoms. The van der Waals surface area contributed by atoms with E-state index in [1.54, 1.807) is 6.20 Å². The quantitative estimate of drug-likeness (QED) is 0.687. The van der Waals surface area contributed by atoms with Crippen LogP contribution in [0.5, 0.6) is 5.19 Å². The minimum absolute atomic E-state index is 0.0300. The minimum Gasteiger partial charge on any atom is -0.467 e. The van der Waals surface area contributed by atoms with Gasteiger partial charge in [0, 0.05) is 43.8 Å². The Morgan fingerprint density at radius 2 is 1.81 bits per heavy atom. The van der Waals surface area contributed by atoms with E-state index in [4.69, 9.17) is 9.47 Å². The third-order valence-corrected chi connectivity index (χ3v) is 6.75. The number of nitrogens with one attached hydrogen (secondary N) is 1. The van der Waals surface area contributed by atoms with Crippen molar-refractivity contribution in [2.24, 2.45) is 0 Å². The average Bonchev–Trinajstić information content (AvgIpc) is 3.35. The molecule has 2 aliphatic rings. The highest BCUT2D eigenvalue weighted by molar-refractivity contribution is 7.11. The normalized spacial score (nSPS) is 18.3. The van der Waals surface area contributed by atoms with E-state index in [2.05, 4.69) is 15.2 Å². The number of ether oxygens (including phenoxy) is 2. The van der Waals surface area contributed by atoms with Crippen molar-refractivity contribution < 1.29 is 19.1 Å². The Hall–Kier alpha value is -2.65. The van der Waals surface area contributed by atoms with Gasteiger partial charge in [0.25, 0.3) is 5.19 Å². The molecule has 0 saturated carbocycles. The van der Waals surface area contributed by atoms with Gasteiger partial charge in [-0.15, -0.1) is 0 Å². The van der Waals surface area contributed by atoms with Crippen LogP contribution >= 0.6 is 11.3 Å². The highest BCUT2D eigenvalue weighted by atomic mass is 32.1. The van der Waals surface area contributed by atoms with Crippen LogP contribution in [-0.2, 0) is 16.1 Å². The van der Waals surface area contributed by atoms with Crippen molar-refractivity contribution in [2.45, 2.75) is 44.4 Å². The van der Waals surface area contributed by atoms with Crippen LogP contribution < -0.4 is 10.1 Å². The summed E-state index contributed by atoms with van der Waals surface area (Å²) in [6, 6.07) is 9.97. The van der Waals surface area contributed by atoms with E-state index in [-0.39, 0.29) is 25.2 Å². The fourth-order valence-electron chi connectivity index (χ4n) is 4.28. The second kappa shape index (κ2) is 11.3. The molecular formula is C23H30N4O4S. The van der Waals surface area contributed by atoms with Crippen molar-refractivity contribution >= 4 is 23.3 Å². The molecule has 8 nitrogen and oxygen atoms in total. The van der Waals surface area contributed by atoms with Crippen LogP contribution in [0.1, 0.15) is 31.2 Å². The number of carbonyl (C=O) groups is 2. The number of hydrogen-bond donors (Lipinski definition) is 1. The number of amides is 2. The lowest BCUT2D eigenvalue weighted by Crippen LogP contribution is -2.51. The lowest BCUT2D eigenvalue weighted by atomic mass is 9.99. The molecule has 0 atom stereocenters. The first-order valence-corrected chi connectivity index (χ1v) is 12.1. The fraction of sp³-hybridized carbons (Fsp3) is 0.522. The maximum Gasteiger partial charge on any atom is 0.407 e. The van der Waals surface area contributed by atoms with Gasteiger partial charge >= 0.3 is 6.09 Å². The molecule has 2 fully saturated rings. The number of hydrogen-bond acceptors (Lipinski definition) is 7. The maximum absolute atomic E-state index is 12.5. The van der Waals surface area contributed by atoms with E-state index in [0.717, 1.165) is 62.6 Å². The number of thiazole rings is 1. The molecule has 3 heterocycles. The highest BCUT2D eigenvalue weighted by Gasteiger charge is 2.30. The first kappa shape index (κ1) is 22.5. The first-order chi connectivity index (χ1) is 15.7. The van der Waals surface area contributed by atoms with Gasteiger partial charge in [-0.1, -0.05) is 41.7 Å². The van der Waals surface area contributed by atoms with Crippen LogP contribution in [-0.4, -0.2) is 71.7 Å². The summed E-state index contributed by atoms with van der Waals surface area (Å²) in [5, 5.41) is 5.26. The van der Waals surface area contributed by atoms with Gasteiger partial charge in [0.15, 0.2) is 0 Å². The maximum atomic E-state index is 12.5. The smallest absolute Gasteiger partial charge is 0.407 e. The lowest BCUT2D eigenvalue weighted by Gasteiger charge is -2.41. The topological polar surface area (TPSA) is 84.0 Å². The summed E-state index contributed by atoms with van der Waals surface area (Å²) in [7, 11) is 0. The Balaban J connectivity index is 1.11. The Morgan fingerprint density at radius 1 is 1.06 bits per heavy atom. The van der Waals surface area contributed by atoms with Gasteiger partial charge in [0.2, 0.25) is 5.91 Å². The molecule has 2 aromatic rings. The average molecular weight is 459 g/mol. The van der Waals surface area contributed by atoms with Gasteiger partial charge in [0.1, 0.15) is 19.3 Å². The van der Waals surface area contributed by atoms with Crippen molar-refractivity contribution in [1.29, 1.82) is 0 Å². The van der Waals surface area contributed by atoms with E-state index in [9.17, 15) is 9.59 Å². The number of likely N-dealkylation sites (tertiary alicyclic amines) is 2. The van der Waals surface area contributed by atoms with Gasteiger partial charge in [-0.2, -0.15) is 0 Å². The summed E-state index contributed by atoms with van der Waals surface area (Å²) in [4.78, 5) is 32.9. The predicted octanol–water partition coefficient (Wildman–Crippen LogP) is 2.90.